The van der Waals surface area contributed by atoms with Crippen molar-refractivity contribution < 1.29 is 13.5 Å². The van der Waals surface area contributed by atoms with Crippen molar-refractivity contribution in [1.29, 1.82) is 5.26 Å². The second kappa shape index (κ2) is 7.91. The summed E-state index contributed by atoms with van der Waals surface area (Å²) in [5.74, 6) is 0.241. The SMILES string of the molecule is CC(C)(C)c1cc(C=C(C#N)S(=O)(=O)C2CCCCC2)cc(C(C)(C)C)c1O. The van der Waals surface area contributed by atoms with Crippen LogP contribution in [-0.4, -0.2) is 18.8 Å². The first kappa shape index (κ1) is 22.5. The fourth-order valence-corrected chi connectivity index (χ4v) is 5.51. The Morgan fingerprint density at radius 1 is 1.04 bits per heavy atom. The predicted octanol–water partition coefficient (Wildman–Crippen LogP) is 5.60. The van der Waals surface area contributed by atoms with Crippen molar-refractivity contribution in [2.24, 2.45) is 0 Å². The molecular formula is C23H33NO3S. The summed E-state index contributed by atoms with van der Waals surface area (Å²) >= 11 is 0. The van der Waals surface area contributed by atoms with Crippen LogP contribution in [0.1, 0.15) is 90.3 Å². The first-order valence-electron chi connectivity index (χ1n) is 10.0. The van der Waals surface area contributed by atoms with E-state index in [1.54, 1.807) is 12.1 Å². The molecule has 0 atom stereocenters. The predicted molar refractivity (Wildman–Crippen MR) is 115 cm³/mol. The first-order chi connectivity index (χ1) is 12.8. The van der Waals surface area contributed by atoms with Gasteiger partial charge < -0.3 is 5.11 Å². The molecule has 0 saturated heterocycles. The van der Waals surface area contributed by atoms with Crippen LogP contribution >= 0.6 is 0 Å². The van der Waals surface area contributed by atoms with Gasteiger partial charge in [0.25, 0.3) is 0 Å². The Morgan fingerprint density at radius 3 is 1.89 bits per heavy atom. The number of hydrogen-bond donors (Lipinski definition) is 1. The molecule has 1 aromatic carbocycles. The monoisotopic (exact) mass is 403 g/mol. The van der Waals surface area contributed by atoms with Gasteiger partial charge in [-0.2, -0.15) is 5.26 Å². The highest BCUT2D eigenvalue weighted by molar-refractivity contribution is 7.96. The summed E-state index contributed by atoms with van der Waals surface area (Å²) in [7, 11) is -3.64. The second-order valence-corrected chi connectivity index (χ2v) is 12.1. The third-order valence-corrected chi connectivity index (χ3v) is 7.63. The van der Waals surface area contributed by atoms with E-state index in [2.05, 4.69) is 0 Å². The van der Waals surface area contributed by atoms with Crippen LogP contribution in [0.3, 0.4) is 0 Å². The van der Waals surface area contributed by atoms with Crippen molar-refractivity contribution >= 4 is 15.9 Å². The van der Waals surface area contributed by atoms with E-state index in [1.165, 1.54) is 6.08 Å². The van der Waals surface area contributed by atoms with E-state index in [0.717, 1.165) is 30.4 Å². The topological polar surface area (TPSA) is 78.2 Å². The lowest BCUT2D eigenvalue weighted by atomic mass is 9.78. The highest BCUT2D eigenvalue weighted by atomic mass is 32.2. The van der Waals surface area contributed by atoms with Crippen LogP contribution in [0.5, 0.6) is 5.75 Å². The van der Waals surface area contributed by atoms with Crippen molar-refractivity contribution in [3.63, 3.8) is 0 Å². The van der Waals surface area contributed by atoms with E-state index >= 15 is 0 Å². The Bertz CT molecular complexity index is 866. The van der Waals surface area contributed by atoms with Crippen molar-refractivity contribution in [2.75, 3.05) is 0 Å². The lowest BCUT2D eigenvalue weighted by Crippen LogP contribution is -2.25. The number of aromatic hydroxyl groups is 1. The van der Waals surface area contributed by atoms with E-state index in [0.29, 0.717) is 18.4 Å². The van der Waals surface area contributed by atoms with E-state index in [4.69, 9.17) is 0 Å². The van der Waals surface area contributed by atoms with Crippen molar-refractivity contribution in [2.45, 2.75) is 89.7 Å². The fraction of sp³-hybridized carbons (Fsp3) is 0.609. The van der Waals surface area contributed by atoms with Gasteiger partial charge in [-0.15, -0.1) is 0 Å². The Kier molecular flexibility index (Phi) is 6.35. The number of nitrogens with zero attached hydrogens (tertiary/aromatic N) is 1. The molecule has 1 aliphatic carbocycles. The van der Waals surface area contributed by atoms with Crippen LogP contribution in [0.15, 0.2) is 17.0 Å². The number of sulfone groups is 1. The highest BCUT2D eigenvalue weighted by Gasteiger charge is 2.32. The van der Waals surface area contributed by atoms with Gasteiger partial charge in [0, 0.05) is 11.1 Å². The molecule has 0 radical (unpaired) electrons. The summed E-state index contributed by atoms with van der Waals surface area (Å²) in [5.41, 5.74) is 1.51. The van der Waals surface area contributed by atoms with E-state index < -0.39 is 15.1 Å². The standard InChI is InChI=1S/C23H33NO3S/c1-22(2,3)19-13-16(14-20(21(19)25)23(4,5)6)12-18(15-24)28(26,27)17-10-8-7-9-11-17/h12-14,17,25H,7-11H2,1-6H3. The first-order valence-corrected chi connectivity index (χ1v) is 11.6. The second-order valence-electron chi connectivity index (χ2n) is 9.89. The summed E-state index contributed by atoms with van der Waals surface area (Å²) in [4.78, 5) is -0.176. The third kappa shape index (κ3) is 4.78. The molecule has 5 heteroatoms. The Hall–Kier alpha value is -1.80. The number of allylic oxidation sites excluding steroid dienone is 1. The normalized spacial score (nSPS) is 17.4. The van der Waals surface area contributed by atoms with Crippen molar-refractivity contribution in [3.8, 4) is 11.8 Å². The van der Waals surface area contributed by atoms with Gasteiger partial charge in [0.2, 0.25) is 0 Å². The molecule has 0 unspecified atom stereocenters. The fourth-order valence-electron chi connectivity index (χ4n) is 3.77. The van der Waals surface area contributed by atoms with Gasteiger partial charge in [-0.05, 0) is 47.4 Å². The number of nitriles is 1. The summed E-state index contributed by atoms with van der Waals surface area (Å²) in [6.07, 6.45) is 5.57. The maximum atomic E-state index is 13.0. The van der Waals surface area contributed by atoms with E-state index in [9.17, 15) is 18.8 Å². The molecule has 2 rings (SSSR count). The molecule has 1 fully saturated rings. The zero-order valence-electron chi connectivity index (χ0n) is 18.0. The van der Waals surface area contributed by atoms with Gasteiger partial charge in [0.15, 0.2) is 9.84 Å². The Balaban J connectivity index is 2.64. The molecule has 1 N–H and O–H groups in total. The van der Waals surface area contributed by atoms with Crippen LogP contribution in [0.4, 0.5) is 0 Å². The zero-order valence-corrected chi connectivity index (χ0v) is 18.8. The van der Waals surface area contributed by atoms with Crippen LogP contribution in [0, 0.1) is 11.3 Å². The maximum Gasteiger partial charge on any atom is 0.191 e. The van der Waals surface area contributed by atoms with E-state index in [-0.39, 0.29) is 21.5 Å². The maximum absolute atomic E-state index is 13.0. The highest BCUT2D eigenvalue weighted by Crippen LogP contribution is 2.40. The largest absolute Gasteiger partial charge is 0.507 e. The summed E-state index contributed by atoms with van der Waals surface area (Å²) in [6, 6.07) is 5.54. The molecule has 28 heavy (non-hydrogen) atoms. The summed E-state index contributed by atoms with van der Waals surface area (Å²) < 4.78 is 26.0. The molecule has 0 bridgehead atoms. The van der Waals surface area contributed by atoms with Crippen molar-refractivity contribution in [1.82, 2.24) is 0 Å². The number of benzene rings is 1. The van der Waals surface area contributed by atoms with Gasteiger partial charge >= 0.3 is 0 Å². The molecule has 4 nitrogen and oxygen atoms in total. The Morgan fingerprint density at radius 2 is 1.50 bits per heavy atom. The molecule has 0 heterocycles. The lowest BCUT2D eigenvalue weighted by Gasteiger charge is -2.28. The third-order valence-electron chi connectivity index (χ3n) is 5.45. The smallest absolute Gasteiger partial charge is 0.191 e. The average Bonchev–Trinajstić information content (AvgIpc) is 2.59. The van der Waals surface area contributed by atoms with Crippen LogP contribution in [-0.2, 0) is 20.7 Å². The number of phenols is 1. The number of rotatable bonds is 3. The molecule has 154 valence electrons. The molecule has 0 amide bonds. The van der Waals surface area contributed by atoms with Gasteiger partial charge in [0.1, 0.15) is 16.7 Å². The van der Waals surface area contributed by atoms with Gasteiger partial charge in [0.05, 0.1) is 5.25 Å². The molecule has 1 saturated carbocycles. The molecule has 1 aromatic rings. The lowest BCUT2D eigenvalue weighted by molar-refractivity contribution is 0.423. The number of hydrogen-bond acceptors (Lipinski definition) is 4. The van der Waals surface area contributed by atoms with Gasteiger partial charge in [-0.25, -0.2) is 8.42 Å². The summed E-state index contributed by atoms with van der Waals surface area (Å²) in [5, 5.41) is 20.0. The molecule has 1 aliphatic rings. The van der Waals surface area contributed by atoms with Crippen LogP contribution in [0.25, 0.3) is 6.08 Å². The minimum Gasteiger partial charge on any atom is -0.507 e. The summed E-state index contributed by atoms with van der Waals surface area (Å²) in [6.45, 7) is 12.0. The van der Waals surface area contributed by atoms with Crippen LogP contribution < -0.4 is 0 Å². The van der Waals surface area contributed by atoms with Gasteiger partial charge in [-0.1, -0.05) is 60.8 Å². The van der Waals surface area contributed by atoms with Crippen molar-refractivity contribution in [3.05, 3.63) is 33.7 Å². The van der Waals surface area contributed by atoms with E-state index in [1.807, 2.05) is 47.6 Å². The molecule has 0 aromatic heterocycles. The zero-order chi connectivity index (χ0) is 21.3. The molecular weight excluding hydrogens is 370 g/mol. The number of phenolic OH excluding ortho intramolecular Hbond substituents is 1. The minimum atomic E-state index is -3.64. The molecule has 0 aliphatic heterocycles. The van der Waals surface area contributed by atoms with Crippen LogP contribution in [0.2, 0.25) is 0 Å². The quantitative estimate of drug-likeness (QED) is 0.666. The average molecular weight is 404 g/mol. The minimum absolute atomic E-state index is 0.176. The van der Waals surface area contributed by atoms with Gasteiger partial charge in [-0.3, -0.25) is 0 Å². The molecule has 0 spiro atoms. The Labute approximate surface area is 170 Å².